The number of carbonyl (C=O) groups is 1. The lowest BCUT2D eigenvalue weighted by Crippen LogP contribution is -1.91. The summed E-state index contributed by atoms with van der Waals surface area (Å²) in [6.45, 7) is 6.09. The van der Waals surface area contributed by atoms with Crippen LogP contribution in [0.2, 0.25) is 0 Å². The van der Waals surface area contributed by atoms with Gasteiger partial charge in [-0.2, -0.15) is 0 Å². The van der Waals surface area contributed by atoms with Crippen LogP contribution in [0.25, 0.3) is 0 Å². The molecule has 0 rings (SSSR count). The Labute approximate surface area is 259 Å². The van der Waals surface area contributed by atoms with E-state index in [-0.39, 0.29) is 0 Å². The molecule has 0 saturated heterocycles. The Hall–Kier alpha value is -0.570. The molecule has 0 amide bonds. The maximum absolute atomic E-state index is 9.97. The van der Waals surface area contributed by atoms with Crippen molar-refractivity contribution in [1.29, 1.82) is 0 Å². The van der Waals surface area contributed by atoms with Crippen LogP contribution in [0.5, 0.6) is 0 Å². The van der Waals surface area contributed by atoms with Crippen LogP contribution in [-0.2, 0) is 9.53 Å². The van der Waals surface area contributed by atoms with Crippen molar-refractivity contribution in [3.8, 4) is 0 Å². The SMILES string of the molecule is CCCCCCCCCCCCCCCCCCCCCOC=O.CCCCCCCCCCCCCCCCO. The molecule has 0 radical (unpaired) electrons. The zero-order chi connectivity index (χ0) is 30.2. The molecule has 0 saturated carbocycles. The molecular formula is C38H78O3. The van der Waals surface area contributed by atoms with E-state index < -0.39 is 0 Å². The average molecular weight is 583 g/mol. The molecule has 0 heterocycles. The molecule has 0 aromatic carbocycles. The lowest BCUT2D eigenvalue weighted by Gasteiger charge is -2.04. The van der Waals surface area contributed by atoms with Crippen LogP contribution in [-0.4, -0.2) is 24.8 Å². The lowest BCUT2D eigenvalue weighted by atomic mass is 10.0. The van der Waals surface area contributed by atoms with Crippen molar-refractivity contribution >= 4 is 6.47 Å². The molecule has 0 aliphatic carbocycles. The van der Waals surface area contributed by atoms with Gasteiger partial charge in [0.05, 0.1) is 6.61 Å². The predicted octanol–water partition coefficient (Wildman–Crippen LogP) is 13.1. The molecule has 0 fully saturated rings. The second-order valence-corrected chi connectivity index (χ2v) is 12.7. The topological polar surface area (TPSA) is 46.5 Å². The van der Waals surface area contributed by atoms with Crippen LogP contribution >= 0.6 is 0 Å². The molecule has 0 aliphatic rings. The molecule has 0 bridgehead atoms. The van der Waals surface area contributed by atoms with Crippen LogP contribution in [0.15, 0.2) is 0 Å². The fraction of sp³-hybridized carbons (Fsp3) is 0.974. The molecular weight excluding hydrogens is 504 g/mol. The van der Waals surface area contributed by atoms with Crippen LogP contribution in [0, 0.1) is 0 Å². The van der Waals surface area contributed by atoms with Gasteiger partial charge in [0.15, 0.2) is 0 Å². The van der Waals surface area contributed by atoms with E-state index in [2.05, 4.69) is 18.6 Å². The number of carbonyl (C=O) groups excluding carboxylic acids is 1. The van der Waals surface area contributed by atoms with Gasteiger partial charge in [-0.05, 0) is 12.8 Å². The highest BCUT2D eigenvalue weighted by atomic mass is 16.5. The third-order valence-corrected chi connectivity index (χ3v) is 8.45. The van der Waals surface area contributed by atoms with Gasteiger partial charge >= 0.3 is 0 Å². The fourth-order valence-corrected chi connectivity index (χ4v) is 5.62. The van der Waals surface area contributed by atoms with E-state index in [1.165, 1.54) is 199 Å². The maximum atomic E-state index is 9.97. The normalized spacial score (nSPS) is 10.9. The second kappa shape index (κ2) is 43.9. The first-order valence-corrected chi connectivity index (χ1v) is 19.0. The highest BCUT2D eigenvalue weighted by Gasteiger charge is 1.96. The van der Waals surface area contributed by atoms with Gasteiger partial charge in [0, 0.05) is 6.61 Å². The number of hydrogen-bond donors (Lipinski definition) is 1. The summed E-state index contributed by atoms with van der Waals surface area (Å²) in [6, 6.07) is 0. The van der Waals surface area contributed by atoms with E-state index in [0.29, 0.717) is 19.7 Å². The molecule has 0 atom stereocenters. The molecule has 0 unspecified atom stereocenters. The number of unbranched alkanes of at least 4 members (excludes halogenated alkanes) is 31. The van der Waals surface area contributed by atoms with Gasteiger partial charge in [-0.1, -0.05) is 213 Å². The largest absolute Gasteiger partial charge is 0.468 e. The zero-order valence-electron chi connectivity index (χ0n) is 28.6. The van der Waals surface area contributed by atoms with Crippen molar-refractivity contribution in [1.82, 2.24) is 0 Å². The summed E-state index contributed by atoms with van der Waals surface area (Å²) < 4.78 is 4.69. The number of aliphatic hydroxyl groups is 1. The first-order chi connectivity index (χ1) is 20.3. The maximum Gasteiger partial charge on any atom is 0.293 e. The minimum absolute atomic E-state index is 0.373. The van der Waals surface area contributed by atoms with Crippen LogP contribution in [0.4, 0.5) is 0 Å². The monoisotopic (exact) mass is 583 g/mol. The Kier molecular flexibility index (Phi) is 45.5. The van der Waals surface area contributed by atoms with Crippen LogP contribution in [0.3, 0.4) is 0 Å². The minimum atomic E-state index is 0.373. The molecule has 41 heavy (non-hydrogen) atoms. The molecule has 0 aromatic rings. The third-order valence-electron chi connectivity index (χ3n) is 8.45. The standard InChI is InChI=1S/C22H44O2.C16H34O/c1-2-3-4-5-6-7-8-9-10-11-12-13-14-15-16-17-18-19-20-21-24-22-23;1-2-3-4-5-6-7-8-9-10-11-12-13-14-15-16-17/h22H,2-21H2,1H3;17H,2-16H2,1H3. The van der Waals surface area contributed by atoms with Crippen molar-refractivity contribution < 1.29 is 14.6 Å². The molecule has 0 aromatic heterocycles. The van der Waals surface area contributed by atoms with E-state index in [9.17, 15) is 4.79 Å². The van der Waals surface area contributed by atoms with Gasteiger partial charge in [0.1, 0.15) is 0 Å². The fourth-order valence-electron chi connectivity index (χ4n) is 5.62. The third kappa shape index (κ3) is 46.6. The molecule has 1 N–H and O–H groups in total. The van der Waals surface area contributed by atoms with Crippen molar-refractivity contribution in [3.05, 3.63) is 0 Å². The Bertz CT molecular complexity index is 412. The summed E-state index contributed by atoms with van der Waals surface area (Å²) >= 11 is 0. The van der Waals surface area contributed by atoms with Crippen molar-refractivity contribution in [2.24, 2.45) is 0 Å². The average Bonchev–Trinajstić information content (AvgIpc) is 2.99. The van der Waals surface area contributed by atoms with Crippen LogP contribution < -0.4 is 0 Å². The lowest BCUT2D eigenvalue weighted by molar-refractivity contribution is -0.128. The number of rotatable bonds is 35. The summed E-state index contributed by atoms with van der Waals surface area (Å²) in [4.78, 5) is 9.97. The van der Waals surface area contributed by atoms with E-state index >= 15 is 0 Å². The molecule has 3 heteroatoms. The first-order valence-electron chi connectivity index (χ1n) is 19.0. The Morgan fingerprint density at radius 3 is 0.805 bits per heavy atom. The molecule has 248 valence electrons. The van der Waals surface area contributed by atoms with Gasteiger partial charge in [-0.15, -0.1) is 0 Å². The predicted molar refractivity (Wildman–Crippen MR) is 183 cm³/mol. The van der Waals surface area contributed by atoms with Crippen molar-refractivity contribution in [3.63, 3.8) is 0 Å². The molecule has 0 aliphatic heterocycles. The van der Waals surface area contributed by atoms with Crippen molar-refractivity contribution in [2.45, 2.75) is 226 Å². The summed E-state index contributed by atoms with van der Waals surface area (Å²) in [5.74, 6) is 0. The minimum Gasteiger partial charge on any atom is -0.468 e. The highest BCUT2D eigenvalue weighted by Crippen LogP contribution is 2.15. The Morgan fingerprint density at radius 2 is 0.585 bits per heavy atom. The van der Waals surface area contributed by atoms with E-state index in [1.807, 2.05) is 0 Å². The van der Waals surface area contributed by atoms with Crippen LogP contribution in [0.1, 0.15) is 226 Å². The van der Waals surface area contributed by atoms with Crippen molar-refractivity contribution in [2.75, 3.05) is 13.2 Å². The Morgan fingerprint density at radius 1 is 0.366 bits per heavy atom. The van der Waals surface area contributed by atoms with E-state index in [1.54, 1.807) is 0 Å². The summed E-state index contributed by atoms with van der Waals surface area (Å²) in [5.41, 5.74) is 0. The molecule has 0 spiro atoms. The number of aliphatic hydroxyl groups excluding tert-OH is 1. The smallest absolute Gasteiger partial charge is 0.293 e. The summed E-state index contributed by atoms with van der Waals surface area (Å²) in [6.07, 6.45) is 45.6. The van der Waals surface area contributed by atoms with Gasteiger partial charge in [0.2, 0.25) is 0 Å². The molecule has 3 nitrogen and oxygen atoms in total. The van der Waals surface area contributed by atoms with E-state index in [4.69, 9.17) is 5.11 Å². The quantitative estimate of drug-likeness (QED) is 0.0597. The highest BCUT2D eigenvalue weighted by molar-refractivity contribution is 5.36. The summed E-state index contributed by atoms with van der Waals surface area (Å²) in [7, 11) is 0. The van der Waals surface area contributed by atoms with Gasteiger partial charge in [-0.3, -0.25) is 4.79 Å². The Balaban J connectivity index is 0. The van der Waals surface area contributed by atoms with Gasteiger partial charge in [-0.25, -0.2) is 0 Å². The summed E-state index contributed by atoms with van der Waals surface area (Å²) in [5, 5.41) is 8.64. The first kappa shape index (κ1) is 42.6. The number of hydrogen-bond acceptors (Lipinski definition) is 3. The zero-order valence-corrected chi connectivity index (χ0v) is 28.6. The number of ether oxygens (including phenoxy) is 1. The second-order valence-electron chi connectivity index (χ2n) is 12.7. The van der Waals surface area contributed by atoms with E-state index in [0.717, 1.165) is 12.8 Å². The van der Waals surface area contributed by atoms with Gasteiger partial charge < -0.3 is 9.84 Å². The van der Waals surface area contributed by atoms with Gasteiger partial charge in [0.25, 0.3) is 6.47 Å².